The minimum absolute atomic E-state index is 0.0162. The minimum Gasteiger partial charge on any atom is -0.490 e. The van der Waals surface area contributed by atoms with E-state index in [-0.39, 0.29) is 5.57 Å². The summed E-state index contributed by atoms with van der Waals surface area (Å²) in [7, 11) is 0. The van der Waals surface area contributed by atoms with E-state index in [0.717, 1.165) is 22.3 Å². The average Bonchev–Trinajstić information content (AvgIpc) is 2.80. The van der Waals surface area contributed by atoms with Gasteiger partial charge in [-0.05, 0) is 74.2 Å². The maximum Gasteiger partial charge on any atom is 0.266 e. The molecule has 1 N–H and O–H groups in total. The van der Waals surface area contributed by atoms with Crippen LogP contribution in [-0.2, 0) is 11.4 Å². The summed E-state index contributed by atoms with van der Waals surface area (Å²) in [6, 6.07) is 19.5. The Morgan fingerprint density at radius 3 is 2.47 bits per heavy atom. The molecule has 0 saturated heterocycles. The number of anilines is 1. The molecule has 0 heterocycles. The van der Waals surface area contributed by atoms with Crippen molar-refractivity contribution in [2.45, 2.75) is 34.3 Å². The van der Waals surface area contributed by atoms with E-state index in [2.05, 4.69) is 27.3 Å². The molecule has 1 amide bonds. The fourth-order valence-corrected chi connectivity index (χ4v) is 3.81. The summed E-state index contributed by atoms with van der Waals surface area (Å²) in [5.41, 5.74) is 5.46. The first-order valence-corrected chi connectivity index (χ1v) is 11.7. The summed E-state index contributed by atoms with van der Waals surface area (Å²) in [5, 5.41) is 12.5. The molecular weight excluding hydrogens is 492 g/mol. The zero-order chi connectivity index (χ0) is 24.7. The standard InChI is InChI=1S/C28H27BrN2O3/c1-5-33-26-14-22(24(29)15-27(26)34-17-21-8-6-7-18(2)11-21)13-23(16-30)28(32)31-25-12-19(3)9-10-20(25)4/h6-15H,5,17H2,1-4H3,(H,31,32)/b23-13+. The molecule has 0 bridgehead atoms. The van der Waals surface area contributed by atoms with Gasteiger partial charge in [-0.3, -0.25) is 4.79 Å². The molecule has 0 unspecified atom stereocenters. The van der Waals surface area contributed by atoms with Crippen LogP contribution in [0.5, 0.6) is 11.5 Å². The van der Waals surface area contributed by atoms with E-state index in [1.165, 1.54) is 6.08 Å². The van der Waals surface area contributed by atoms with Crippen molar-refractivity contribution in [3.05, 3.63) is 92.5 Å². The van der Waals surface area contributed by atoms with Crippen molar-refractivity contribution in [1.29, 1.82) is 5.26 Å². The number of hydrogen-bond donors (Lipinski definition) is 1. The number of nitrogens with zero attached hydrogens (tertiary/aromatic N) is 1. The molecule has 0 fully saturated rings. The van der Waals surface area contributed by atoms with E-state index >= 15 is 0 Å². The molecule has 3 rings (SSSR count). The van der Waals surface area contributed by atoms with Gasteiger partial charge in [-0.1, -0.05) is 57.9 Å². The SMILES string of the molecule is CCOc1cc(/C=C(\C#N)C(=O)Nc2cc(C)ccc2C)c(Br)cc1OCc1cccc(C)c1. The predicted octanol–water partition coefficient (Wildman–Crippen LogP) is 6.90. The van der Waals surface area contributed by atoms with E-state index in [4.69, 9.17) is 9.47 Å². The van der Waals surface area contributed by atoms with Gasteiger partial charge in [-0.2, -0.15) is 5.26 Å². The largest absolute Gasteiger partial charge is 0.490 e. The van der Waals surface area contributed by atoms with E-state index in [1.54, 1.807) is 12.1 Å². The zero-order valence-electron chi connectivity index (χ0n) is 19.7. The Morgan fingerprint density at radius 1 is 1.03 bits per heavy atom. The van der Waals surface area contributed by atoms with E-state index in [1.807, 2.05) is 70.2 Å². The van der Waals surface area contributed by atoms with Crippen LogP contribution in [0.4, 0.5) is 5.69 Å². The second-order valence-electron chi connectivity index (χ2n) is 7.97. The molecule has 0 radical (unpaired) electrons. The van der Waals surface area contributed by atoms with Crippen LogP contribution in [-0.4, -0.2) is 12.5 Å². The molecule has 0 aromatic heterocycles. The molecule has 0 aliphatic rings. The lowest BCUT2D eigenvalue weighted by Gasteiger charge is -2.14. The van der Waals surface area contributed by atoms with Crippen LogP contribution in [0.1, 0.15) is 34.7 Å². The van der Waals surface area contributed by atoms with Crippen molar-refractivity contribution in [3.63, 3.8) is 0 Å². The number of nitrogens with one attached hydrogen (secondary N) is 1. The van der Waals surface area contributed by atoms with Gasteiger partial charge in [-0.25, -0.2) is 0 Å². The van der Waals surface area contributed by atoms with Gasteiger partial charge in [0.25, 0.3) is 5.91 Å². The Hall–Kier alpha value is -3.56. The second kappa shape index (κ2) is 11.5. The van der Waals surface area contributed by atoms with Gasteiger partial charge >= 0.3 is 0 Å². The number of aryl methyl sites for hydroxylation is 3. The first-order chi connectivity index (χ1) is 16.3. The monoisotopic (exact) mass is 518 g/mol. The highest BCUT2D eigenvalue weighted by Gasteiger charge is 2.15. The Balaban J connectivity index is 1.87. The van der Waals surface area contributed by atoms with Gasteiger partial charge in [-0.15, -0.1) is 0 Å². The fourth-order valence-electron chi connectivity index (χ4n) is 3.37. The molecule has 3 aromatic rings. The first-order valence-electron chi connectivity index (χ1n) is 11.0. The van der Waals surface area contributed by atoms with E-state index in [0.29, 0.717) is 40.4 Å². The van der Waals surface area contributed by atoms with Crippen molar-refractivity contribution in [2.75, 3.05) is 11.9 Å². The lowest BCUT2D eigenvalue weighted by atomic mass is 10.1. The number of rotatable bonds is 8. The van der Waals surface area contributed by atoms with Crippen LogP contribution in [0, 0.1) is 32.1 Å². The molecule has 0 saturated carbocycles. The Bertz CT molecular complexity index is 1280. The number of carbonyl (C=O) groups is 1. The third-order valence-electron chi connectivity index (χ3n) is 5.15. The third kappa shape index (κ3) is 6.49. The van der Waals surface area contributed by atoms with Gasteiger partial charge in [0.1, 0.15) is 18.2 Å². The van der Waals surface area contributed by atoms with Crippen LogP contribution >= 0.6 is 15.9 Å². The highest BCUT2D eigenvalue weighted by molar-refractivity contribution is 9.10. The number of benzene rings is 3. The number of halogens is 1. The topological polar surface area (TPSA) is 71.3 Å². The average molecular weight is 519 g/mol. The Labute approximate surface area is 209 Å². The number of hydrogen-bond acceptors (Lipinski definition) is 4. The maximum atomic E-state index is 12.8. The van der Waals surface area contributed by atoms with Crippen molar-refractivity contribution in [3.8, 4) is 17.6 Å². The van der Waals surface area contributed by atoms with Gasteiger partial charge in [0.2, 0.25) is 0 Å². The van der Waals surface area contributed by atoms with Gasteiger partial charge in [0.15, 0.2) is 11.5 Å². The number of carbonyl (C=O) groups excluding carboxylic acids is 1. The van der Waals surface area contributed by atoms with Crippen molar-refractivity contribution >= 4 is 33.6 Å². The second-order valence-corrected chi connectivity index (χ2v) is 8.83. The molecule has 0 atom stereocenters. The molecule has 174 valence electrons. The number of nitriles is 1. The lowest BCUT2D eigenvalue weighted by molar-refractivity contribution is -0.112. The van der Waals surface area contributed by atoms with Gasteiger partial charge < -0.3 is 14.8 Å². The van der Waals surface area contributed by atoms with Crippen molar-refractivity contribution in [1.82, 2.24) is 0 Å². The lowest BCUT2D eigenvalue weighted by Crippen LogP contribution is -2.14. The molecule has 0 aliphatic carbocycles. The third-order valence-corrected chi connectivity index (χ3v) is 5.83. The smallest absolute Gasteiger partial charge is 0.266 e. The Morgan fingerprint density at radius 2 is 1.76 bits per heavy atom. The summed E-state index contributed by atoms with van der Waals surface area (Å²) < 4.78 is 12.5. The molecule has 34 heavy (non-hydrogen) atoms. The van der Waals surface area contributed by atoms with Crippen LogP contribution < -0.4 is 14.8 Å². The summed E-state index contributed by atoms with van der Waals surface area (Å²) in [4.78, 5) is 12.8. The molecular formula is C28H27BrN2O3. The van der Waals surface area contributed by atoms with Crippen molar-refractivity contribution < 1.29 is 14.3 Å². The minimum atomic E-state index is -0.471. The highest BCUT2D eigenvalue weighted by Crippen LogP contribution is 2.35. The van der Waals surface area contributed by atoms with Gasteiger partial charge in [0.05, 0.1) is 6.61 Å². The highest BCUT2D eigenvalue weighted by atomic mass is 79.9. The molecule has 0 aliphatic heterocycles. The maximum absolute atomic E-state index is 12.8. The Kier molecular flexibility index (Phi) is 8.50. The normalized spacial score (nSPS) is 11.0. The van der Waals surface area contributed by atoms with E-state index < -0.39 is 5.91 Å². The summed E-state index contributed by atoms with van der Waals surface area (Å²) in [5.74, 6) is 0.642. The van der Waals surface area contributed by atoms with E-state index in [9.17, 15) is 10.1 Å². The van der Waals surface area contributed by atoms with Crippen LogP contribution in [0.2, 0.25) is 0 Å². The summed E-state index contributed by atoms with van der Waals surface area (Å²) in [6.07, 6.45) is 1.54. The quantitative estimate of drug-likeness (QED) is 0.260. The predicted molar refractivity (Wildman–Crippen MR) is 139 cm³/mol. The van der Waals surface area contributed by atoms with Crippen LogP contribution in [0.25, 0.3) is 6.08 Å². The summed E-state index contributed by atoms with van der Waals surface area (Å²) >= 11 is 3.54. The zero-order valence-corrected chi connectivity index (χ0v) is 21.3. The van der Waals surface area contributed by atoms with Crippen LogP contribution in [0.15, 0.2) is 64.6 Å². The molecule has 0 spiro atoms. The number of ether oxygens (including phenoxy) is 2. The fraction of sp³-hybridized carbons (Fsp3) is 0.214. The van der Waals surface area contributed by atoms with Crippen molar-refractivity contribution in [2.24, 2.45) is 0 Å². The molecule has 6 heteroatoms. The first kappa shape index (κ1) is 25.1. The van der Waals surface area contributed by atoms with Crippen LogP contribution in [0.3, 0.4) is 0 Å². The molecule has 3 aromatic carbocycles. The number of amides is 1. The molecule has 5 nitrogen and oxygen atoms in total. The van der Waals surface area contributed by atoms with Gasteiger partial charge in [0, 0.05) is 10.2 Å². The summed E-state index contributed by atoms with van der Waals surface area (Å²) in [6.45, 7) is 8.63.